The van der Waals surface area contributed by atoms with Crippen LogP contribution in [-0.4, -0.2) is 26.4 Å². The fourth-order valence-corrected chi connectivity index (χ4v) is 4.70. The molecule has 3 heterocycles. The second-order valence-electron chi connectivity index (χ2n) is 8.48. The highest BCUT2D eigenvalue weighted by Gasteiger charge is 2.37. The molecule has 36 heavy (non-hydrogen) atoms. The Bertz CT molecular complexity index is 1530. The van der Waals surface area contributed by atoms with Crippen LogP contribution in [0, 0.1) is 0 Å². The minimum atomic E-state index is -0.353. The number of furan rings is 1. The average Bonchev–Trinajstić information content (AvgIpc) is 3.70. The predicted molar refractivity (Wildman–Crippen MR) is 142 cm³/mol. The molecule has 5 aromatic rings. The van der Waals surface area contributed by atoms with E-state index in [0.717, 1.165) is 38.3 Å². The maximum atomic E-state index is 13.5. The number of hydrogen-bond acceptors (Lipinski definition) is 4. The van der Waals surface area contributed by atoms with Crippen molar-refractivity contribution < 1.29 is 9.21 Å². The molecule has 6 rings (SSSR count). The van der Waals surface area contributed by atoms with Crippen LogP contribution in [0.4, 0.5) is 0 Å². The van der Waals surface area contributed by atoms with Crippen LogP contribution < -0.4 is 0 Å². The van der Waals surface area contributed by atoms with Gasteiger partial charge in [0.15, 0.2) is 5.76 Å². The molecule has 1 amide bonds. The van der Waals surface area contributed by atoms with Gasteiger partial charge in [-0.05, 0) is 42.0 Å². The summed E-state index contributed by atoms with van der Waals surface area (Å²) < 4.78 is 8.30. The number of carbonyl (C=O) groups excluding carboxylic acids is 1. The van der Waals surface area contributed by atoms with Gasteiger partial charge in [0.1, 0.15) is 0 Å². The van der Waals surface area contributed by atoms with Gasteiger partial charge in [0, 0.05) is 28.2 Å². The van der Waals surface area contributed by atoms with E-state index in [1.807, 2.05) is 95.8 Å². The Labute approximate surface area is 216 Å². The lowest BCUT2D eigenvalue weighted by molar-refractivity contribution is 0.0679. The number of hydrazone groups is 1. The van der Waals surface area contributed by atoms with Gasteiger partial charge in [-0.1, -0.05) is 76.6 Å². The molecule has 1 aliphatic rings. The van der Waals surface area contributed by atoms with Crippen molar-refractivity contribution in [1.82, 2.24) is 14.8 Å². The molecule has 0 saturated carbocycles. The van der Waals surface area contributed by atoms with Gasteiger partial charge in [-0.3, -0.25) is 4.79 Å². The number of benzene rings is 3. The summed E-state index contributed by atoms with van der Waals surface area (Å²) in [6.45, 7) is 0. The molecule has 0 spiro atoms. The normalized spacial score (nSPS) is 15.2. The van der Waals surface area contributed by atoms with Crippen molar-refractivity contribution in [1.29, 1.82) is 0 Å². The molecular formula is C29H21BrN4O2. The molecule has 0 bridgehead atoms. The Morgan fingerprint density at radius 2 is 1.58 bits per heavy atom. The molecular weight excluding hydrogens is 516 g/mol. The third-order valence-corrected chi connectivity index (χ3v) is 6.73. The Hall–Kier alpha value is -4.23. The number of amides is 1. The second-order valence-corrected chi connectivity index (χ2v) is 9.40. The molecule has 0 unspecified atom stereocenters. The molecule has 0 radical (unpaired) electrons. The van der Waals surface area contributed by atoms with E-state index in [1.54, 1.807) is 12.1 Å². The largest absolute Gasteiger partial charge is 0.459 e. The summed E-state index contributed by atoms with van der Waals surface area (Å²) in [5.74, 6) is -0.0406. The van der Waals surface area contributed by atoms with Gasteiger partial charge in [0.05, 0.1) is 29.4 Å². The Morgan fingerprint density at radius 1 is 0.861 bits per heavy atom. The molecule has 2 aromatic heterocycles. The van der Waals surface area contributed by atoms with E-state index in [4.69, 9.17) is 14.6 Å². The summed E-state index contributed by atoms with van der Waals surface area (Å²) in [5.41, 5.74) is 5.45. The second kappa shape index (κ2) is 9.43. The molecule has 1 atom stereocenters. The van der Waals surface area contributed by atoms with Crippen LogP contribution in [0.15, 0.2) is 124 Å². The number of aromatic nitrogens is 2. The summed E-state index contributed by atoms with van der Waals surface area (Å²) in [5, 5.41) is 11.3. The molecule has 7 heteroatoms. The van der Waals surface area contributed by atoms with Crippen LogP contribution >= 0.6 is 15.9 Å². The summed E-state index contributed by atoms with van der Waals surface area (Å²) in [7, 11) is 0. The predicted octanol–water partition coefficient (Wildman–Crippen LogP) is 6.89. The highest BCUT2D eigenvalue weighted by Crippen LogP contribution is 2.39. The van der Waals surface area contributed by atoms with Crippen LogP contribution in [0.25, 0.3) is 16.9 Å². The fraction of sp³-hybridized carbons (Fsp3) is 0.0690. The molecule has 176 valence electrons. The van der Waals surface area contributed by atoms with Crippen LogP contribution in [0.2, 0.25) is 0 Å². The highest BCUT2D eigenvalue weighted by molar-refractivity contribution is 9.10. The third kappa shape index (κ3) is 4.18. The monoisotopic (exact) mass is 536 g/mol. The average molecular weight is 537 g/mol. The summed E-state index contributed by atoms with van der Waals surface area (Å²) in [6, 6.07) is 31.0. The lowest BCUT2D eigenvalue weighted by atomic mass is 9.96. The van der Waals surface area contributed by atoms with E-state index >= 15 is 0 Å². The van der Waals surface area contributed by atoms with E-state index in [-0.39, 0.29) is 17.7 Å². The van der Waals surface area contributed by atoms with Crippen LogP contribution in [0.5, 0.6) is 0 Å². The zero-order valence-corrected chi connectivity index (χ0v) is 20.7. The molecule has 3 aromatic carbocycles. The smallest absolute Gasteiger partial charge is 0.310 e. The van der Waals surface area contributed by atoms with Crippen LogP contribution in [0.3, 0.4) is 0 Å². The standard InChI is InChI=1S/C29H21BrN4O2/c30-22-15-13-20(14-16-22)25-18-26(34(31-25)29(35)27-12-7-17-36-27)24-19-33(23-10-5-2-6-11-23)32-28(24)21-8-3-1-4-9-21/h1-17,19,26H,18H2/t26-/m0/s1. The first-order valence-electron chi connectivity index (χ1n) is 11.6. The van der Waals surface area contributed by atoms with E-state index in [0.29, 0.717) is 6.42 Å². The molecule has 1 aliphatic heterocycles. The van der Waals surface area contributed by atoms with Crippen LogP contribution in [0.1, 0.15) is 34.1 Å². The van der Waals surface area contributed by atoms with E-state index in [1.165, 1.54) is 11.3 Å². The van der Waals surface area contributed by atoms with Gasteiger partial charge in [0.2, 0.25) is 0 Å². The first kappa shape index (κ1) is 22.2. The van der Waals surface area contributed by atoms with Gasteiger partial charge >= 0.3 is 5.91 Å². The van der Waals surface area contributed by atoms with Crippen molar-refractivity contribution in [3.05, 3.63) is 131 Å². The van der Waals surface area contributed by atoms with Crippen molar-refractivity contribution in [2.75, 3.05) is 0 Å². The van der Waals surface area contributed by atoms with Gasteiger partial charge < -0.3 is 4.42 Å². The number of nitrogens with zero attached hydrogens (tertiary/aromatic N) is 4. The zero-order chi connectivity index (χ0) is 24.5. The van der Waals surface area contributed by atoms with Crippen LogP contribution in [-0.2, 0) is 0 Å². The number of carbonyl (C=O) groups is 1. The highest BCUT2D eigenvalue weighted by atomic mass is 79.9. The van der Waals surface area contributed by atoms with Crippen molar-refractivity contribution in [3.8, 4) is 16.9 Å². The van der Waals surface area contributed by atoms with Gasteiger partial charge in [-0.25, -0.2) is 9.69 Å². The number of rotatable bonds is 5. The molecule has 0 fully saturated rings. The molecule has 0 N–H and O–H groups in total. The van der Waals surface area contributed by atoms with Gasteiger partial charge in [-0.2, -0.15) is 10.2 Å². The summed E-state index contributed by atoms with van der Waals surface area (Å²) >= 11 is 3.50. The number of halogens is 1. The van der Waals surface area contributed by atoms with Gasteiger partial charge in [-0.15, -0.1) is 0 Å². The number of hydrogen-bond donors (Lipinski definition) is 0. The first-order chi connectivity index (χ1) is 17.7. The first-order valence-corrected chi connectivity index (χ1v) is 12.4. The minimum absolute atomic E-state index is 0.248. The lowest BCUT2D eigenvalue weighted by Crippen LogP contribution is -2.27. The third-order valence-electron chi connectivity index (χ3n) is 6.20. The maximum absolute atomic E-state index is 13.5. The van der Waals surface area contributed by atoms with Crippen molar-refractivity contribution in [2.24, 2.45) is 5.10 Å². The van der Waals surface area contributed by atoms with Crippen molar-refractivity contribution in [3.63, 3.8) is 0 Å². The number of para-hydroxylation sites is 1. The quantitative estimate of drug-likeness (QED) is 0.245. The lowest BCUT2D eigenvalue weighted by Gasteiger charge is -2.20. The molecule has 0 saturated heterocycles. The SMILES string of the molecule is O=C(c1ccco1)N1N=C(c2ccc(Br)cc2)C[C@H]1c1cn(-c2ccccc2)nc1-c1ccccc1. The van der Waals surface area contributed by atoms with E-state index in [2.05, 4.69) is 15.9 Å². The summed E-state index contributed by atoms with van der Waals surface area (Å²) in [6.07, 6.45) is 4.06. The minimum Gasteiger partial charge on any atom is -0.459 e. The maximum Gasteiger partial charge on any atom is 0.310 e. The topological polar surface area (TPSA) is 63.6 Å². The Balaban J connectivity index is 1.48. The van der Waals surface area contributed by atoms with Crippen molar-refractivity contribution >= 4 is 27.5 Å². The zero-order valence-electron chi connectivity index (χ0n) is 19.2. The van der Waals surface area contributed by atoms with Gasteiger partial charge in [0.25, 0.3) is 0 Å². The van der Waals surface area contributed by atoms with E-state index < -0.39 is 0 Å². The Kier molecular flexibility index (Phi) is 5.83. The molecule has 6 nitrogen and oxygen atoms in total. The van der Waals surface area contributed by atoms with E-state index in [9.17, 15) is 4.79 Å². The fourth-order valence-electron chi connectivity index (χ4n) is 4.43. The Morgan fingerprint density at radius 3 is 2.28 bits per heavy atom. The molecule has 0 aliphatic carbocycles. The van der Waals surface area contributed by atoms with Crippen molar-refractivity contribution in [2.45, 2.75) is 12.5 Å². The summed E-state index contributed by atoms with van der Waals surface area (Å²) in [4.78, 5) is 13.5.